The van der Waals surface area contributed by atoms with Crippen molar-refractivity contribution in [3.05, 3.63) is 17.6 Å². The number of likely N-dealkylation sites (tertiary alicyclic amines) is 1. The van der Waals surface area contributed by atoms with E-state index in [2.05, 4.69) is 41.1 Å². The molecule has 1 aliphatic rings. The van der Waals surface area contributed by atoms with Crippen molar-refractivity contribution in [1.29, 1.82) is 0 Å². The summed E-state index contributed by atoms with van der Waals surface area (Å²) in [6.07, 6.45) is 1.19. The summed E-state index contributed by atoms with van der Waals surface area (Å²) in [7, 11) is 2.16. The highest BCUT2D eigenvalue weighted by Gasteiger charge is 2.19. The van der Waals surface area contributed by atoms with E-state index in [1.807, 2.05) is 13.0 Å². The zero-order chi connectivity index (χ0) is 12.4. The van der Waals surface area contributed by atoms with E-state index >= 15 is 0 Å². The fraction of sp³-hybridized carbons (Fsp3) is 0.692. The van der Waals surface area contributed by atoms with Gasteiger partial charge in [-0.3, -0.25) is 0 Å². The zero-order valence-electron chi connectivity index (χ0n) is 11.2. The lowest BCUT2D eigenvalue weighted by Crippen LogP contribution is -2.24. The lowest BCUT2D eigenvalue weighted by Gasteiger charge is -2.15. The second-order valence-corrected chi connectivity index (χ2v) is 5.30. The van der Waals surface area contributed by atoms with Gasteiger partial charge in [0.1, 0.15) is 11.6 Å². The van der Waals surface area contributed by atoms with Gasteiger partial charge in [-0.15, -0.1) is 0 Å². The van der Waals surface area contributed by atoms with E-state index in [0.29, 0.717) is 12.0 Å². The third kappa shape index (κ3) is 3.16. The zero-order valence-corrected chi connectivity index (χ0v) is 11.2. The van der Waals surface area contributed by atoms with Crippen LogP contribution in [0.3, 0.4) is 0 Å². The Morgan fingerprint density at radius 1 is 1.41 bits per heavy atom. The van der Waals surface area contributed by atoms with Gasteiger partial charge in [-0.1, -0.05) is 13.8 Å². The third-order valence-corrected chi connectivity index (χ3v) is 3.13. The Hall–Kier alpha value is -1.16. The molecular formula is C13H22N4. The molecule has 17 heavy (non-hydrogen) atoms. The molecule has 1 N–H and O–H groups in total. The Bertz CT molecular complexity index is 389. The highest BCUT2D eigenvalue weighted by Crippen LogP contribution is 2.16. The van der Waals surface area contributed by atoms with Crippen molar-refractivity contribution in [2.45, 2.75) is 39.2 Å². The Labute approximate surface area is 103 Å². The van der Waals surface area contributed by atoms with Gasteiger partial charge in [-0.05, 0) is 26.9 Å². The summed E-state index contributed by atoms with van der Waals surface area (Å²) in [5, 5.41) is 3.51. The van der Waals surface area contributed by atoms with Crippen molar-refractivity contribution in [1.82, 2.24) is 14.9 Å². The van der Waals surface area contributed by atoms with Crippen molar-refractivity contribution in [2.24, 2.45) is 0 Å². The highest BCUT2D eigenvalue weighted by atomic mass is 15.2. The minimum atomic E-state index is 0.377. The van der Waals surface area contributed by atoms with E-state index in [9.17, 15) is 0 Å². The SMILES string of the molecule is Cc1cc(NC2CCN(C)C2)nc(C(C)C)n1. The molecule has 0 saturated carbocycles. The maximum Gasteiger partial charge on any atom is 0.133 e. The first-order chi connectivity index (χ1) is 8.04. The second kappa shape index (κ2) is 5.00. The molecule has 0 bridgehead atoms. The molecular weight excluding hydrogens is 212 g/mol. The van der Waals surface area contributed by atoms with Gasteiger partial charge in [-0.25, -0.2) is 9.97 Å². The number of likely N-dealkylation sites (N-methyl/N-ethyl adjacent to an activating group) is 1. The molecule has 4 nitrogen and oxygen atoms in total. The van der Waals surface area contributed by atoms with E-state index < -0.39 is 0 Å². The molecule has 1 fully saturated rings. The molecule has 4 heteroatoms. The lowest BCUT2D eigenvalue weighted by atomic mass is 10.2. The van der Waals surface area contributed by atoms with Crippen LogP contribution in [0.2, 0.25) is 0 Å². The minimum absolute atomic E-state index is 0.377. The van der Waals surface area contributed by atoms with Gasteiger partial charge < -0.3 is 10.2 Å². The molecule has 0 radical (unpaired) electrons. The van der Waals surface area contributed by atoms with Crippen LogP contribution in [0.1, 0.15) is 37.7 Å². The maximum absolute atomic E-state index is 4.58. The summed E-state index contributed by atoms with van der Waals surface area (Å²) in [5.74, 6) is 2.28. The van der Waals surface area contributed by atoms with Gasteiger partial charge in [-0.2, -0.15) is 0 Å². The van der Waals surface area contributed by atoms with Crippen molar-refractivity contribution in [3.8, 4) is 0 Å². The Morgan fingerprint density at radius 2 is 2.18 bits per heavy atom. The number of hydrogen-bond donors (Lipinski definition) is 1. The van der Waals surface area contributed by atoms with Crippen LogP contribution in [-0.4, -0.2) is 41.0 Å². The van der Waals surface area contributed by atoms with Crippen LogP contribution in [0.15, 0.2) is 6.07 Å². The molecule has 1 aromatic rings. The van der Waals surface area contributed by atoms with Gasteiger partial charge in [0.15, 0.2) is 0 Å². The third-order valence-electron chi connectivity index (χ3n) is 3.13. The highest BCUT2D eigenvalue weighted by molar-refractivity contribution is 5.37. The largest absolute Gasteiger partial charge is 0.366 e. The Kier molecular flexibility index (Phi) is 3.62. The van der Waals surface area contributed by atoms with Crippen molar-refractivity contribution < 1.29 is 0 Å². The fourth-order valence-electron chi connectivity index (χ4n) is 2.19. The summed E-state index contributed by atoms with van der Waals surface area (Å²) in [6.45, 7) is 8.54. The quantitative estimate of drug-likeness (QED) is 0.868. The summed E-state index contributed by atoms with van der Waals surface area (Å²) in [6, 6.07) is 2.55. The average molecular weight is 234 g/mol. The molecule has 0 aromatic carbocycles. The van der Waals surface area contributed by atoms with E-state index in [4.69, 9.17) is 0 Å². The number of nitrogens with zero attached hydrogens (tertiary/aromatic N) is 3. The van der Waals surface area contributed by atoms with Crippen molar-refractivity contribution in [2.75, 3.05) is 25.5 Å². The number of nitrogens with one attached hydrogen (secondary N) is 1. The first-order valence-electron chi connectivity index (χ1n) is 6.35. The number of rotatable bonds is 3. The minimum Gasteiger partial charge on any atom is -0.366 e. The number of anilines is 1. The fourth-order valence-corrected chi connectivity index (χ4v) is 2.19. The predicted octanol–water partition coefficient (Wildman–Crippen LogP) is 2.02. The standard InChI is InChI=1S/C13H22N4/c1-9(2)13-14-10(3)7-12(16-13)15-11-5-6-17(4)8-11/h7,9,11H,5-6,8H2,1-4H3,(H,14,15,16). The second-order valence-electron chi connectivity index (χ2n) is 5.30. The monoisotopic (exact) mass is 234 g/mol. The van der Waals surface area contributed by atoms with Crippen LogP contribution >= 0.6 is 0 Å². The average Bonchev–Trinajstić information content (AvgIpc) is 2.63. The smallest absolute Gasteiger partial charge is 0.133 e. The molecule has 0 amide bonds. The summed E-state index contributed by atoms with van der Waals surface area (Å²) >= 11 is 0. The normalized spacial score (nSPS) is 21.1. The van der Waals surface area contributed by atoms with Gasteiger partial charge in [0.2, 0.25) is 0 Å². The van der Waals surface area contributed by atoms with Gasteiger partial charge >= 0.3 is 0 Å². The molecule has 1 saturated heterocycles. The molecule has 0 aliphatic carbocycles. The summed E-state index contributed by atoms with van der Waals surface area (Å²) in [4.78, 5) is 11.4. The van der Waals surface area contributed by atoms with Crippen LogP contribution in [0, 0.1) is 6.92 Å². The van der Waals surface area contributed by atoms with Crippen LogP contribution in [0.4, 0.5) is 5.82 Å². The first kappa shape index (κ1) is 12.3. The molecule has 1 unspecified atom stereocenters. The molecule has 1 aromatic heterocycles. The Balaban J connectivity index is 2.10. The van der Waals surface area contributed by atoms with Crippen molar-refractivity contribution in [3.63, 3.8) is 0 Å². The van der Waals surface area contributed by atoms with Gasteiger partial charge in [0.25, 0.3) is 0 Å². The van der Waals surface area contributed by atoms with E-state index in [0.717, 1.165) is 23.9 Å². The molecule has 1 aliphatic heterocycles. The van der Waals surface area contributed by atoms with E-state index in [1.54, 1.807) is 0 Å². The number of aromatic nitrogens is 2. The molecule has 2 heterocycles. The van der Waals surface area contributed by atoms with Crippen LogP contribution in [0.25, 0.3) is 0 Å². The first-order valence-corrected chi connectivity index (χ1v) is 6.35. The molecule has 94 valence electrons. The van der Waals surface area contributed by atoms with Gasteiger partial charge in [0.05, 0.1) is 0 Å². The van der Waals surface area contributed by atoms with Crippen molar-refractivity contribution >= 4 is 5.82 Å². The van der Waals surface area contributed by atoms with Crippen LogP contribution in [-0.2, 0) is 0 Å². The van der Waals surface area contributed by atoms with E-state index in [1.165, 1.54) is 13.0 Å². The topological polar surface area (TPSA) is 41.0 Å². The molecule has 0 spiro atoms. The van der Waals surface area contributed by atoms with Crippen LogP contribution < -0.4 is 5.32 Å². The van der Waals surface area contributed by atoms with Crippen LogP contribution in [0.5, 0.6) is 0 Å². The predicted molar refractivity (Wildman–Crippen MR) is 70.4 cm³/mol. The number of hydrogen-bond acceptors (Lipinski definition) is 4. The molecule has 2 rings (SSSR count). The summed E-state index contributed by atoms with van der Waals surface area (Å²) in [5.41, 5.74) is 1.04. The molecule has 1 atom stereocenters. The lowest BCUT2D eigenvalue weighted by molar-refractivity contribution is 0.414. The van der Waals surface area contributed by atoms with Gasteiger partial charge in [0, 0.05) is 30.3 Å². The van der Waals surface area contributed by atoms with E-state index in [-0.39, 0.29) is 0 Å². The maximum atomic E-state index is 4.58. The number of aryl methyl sites for hydroxylation is 1. The Morgan fingerprint density at radius 3 is 2.76 bits per heavy atom. The summed E-state index contributed by atoms with van der Waals surface area (Å²) < 4.78 is 0.